The van der Waals surface area contributed by atoms with Crippen LogP contribution in [0.3, 0.4) is 0 Å². The standard InChI is InChI=1S/C20H27F3N6O3S.Na.H/c1-4-14-8-15(20(21,22)23)10-16(9-14)25-19(30)26-33(31,32)29(18-11-24-28(3)13-18)17-6-5-7-27(2)12-17;;/h8-11,13,17H,4-7,12H2,1-3H3,(H2,25,26,30);;/q;+1;-1. The van der Waals surface area contributed by atoms with Gasteiger partial charge in [0.05, 0.1) is 23.5 Å². The Morgan fingerprint density at radius 1 is 1.29 bits per heavy atom. The van der Waals surface area contributed by atoms with Gasteiger partial charge in [0.15, 0.2) is 0 Å². The number of rotatable bonds is 6. The average Bonchev–Trinajstić information content (AvgIpc) is 3.11. The zero-order valence-corrected chi connectivity index (χ0v) is 22.4. The molecular formula is C20H28F3N6NaO3S. The number of anilines is 2. The van der Waals surface area contributed by atoms with Crippen molar-refractivity contribution in [2.45, 2.75) is 38.4 Å². The van der Waals surface area contributed by atoms with Gasteiger partial charge in [-0.25, -0.2) is 13.8 Å². The number of benzene rings is 1. The summed E-state index contributed by atoms with van der Waals surface area (Å²) in [5.74, 6) is 0. The fraction of sp³-hybridized carbons (Fsp3) is 0.500. The topological polar surface area (TPSA) is 99.6 Å². The largest absolute Gasteiger partial charge is 1.00 e. The third-order valence-corrected chi connectivity index (χ3v) is 6.81. The molecule has 1 unspecified atom stereocenters. The number of carbonyl (C=O) groups excluding carboxylic acids is 1. The molecule has 1 aliphatic heterocycles. The van der Waals surface area contributed by atoms with Crippen LogP contribution in [0, 0.1) is 0 Å². The zero-order chi connectivity index (χ0) is 24.4. The number of urea groups is 1. The van der Waals surface area contributed by atoms with E-state index >= 15 is 0 Å². The van der Waals surface area contributed by atoms with Gasteiger partial charge in [-0.1, -0.05) is 6.92 Å². The number of aromatic nitrogens is 2. The Bertz CT molecular complexity index is 1120. The number of halogens is 3. The zero-order valence-electron chi connectivity index (χ0n) is 20.6. The van der Waals surface area contributed by atoms with Crippen LogP contribution in [0.4, 0.5) is 29.3 Å². The first-order valence-electron chi connectivity index (χ1n) is 10.4. The second kappa shape index (κ2) is 11.3. The van der Waals surface area contributed by atoms with Gasteiger partial charge in [0.25, 0.3) is 0 Å². The van der Waals surface area contributed by atoms with Crippen molar-refractivity contribution in [3.05, 3.63) is 41.7 Å². The summed E-state index contributed by atoms with van der Waals surface area (Å²) in [5, 5.41) is 6.25. The number of nitrogens with zero attached hydrogens (tertiary/aromatic N) is 4. The maximum Gasteiger partial charge on any atom is 1.00 e. The molecule has 1 aliphatic rings. The minimum Gasteiger partial charge on any atom is -1.00 e. The number of hydrogen-bond donors (Lipinski definition) is 2. The molecule has 0 aliphatic carbocycles. The number of nitrogens with one attached hydrogen (secondary N) is 2. The molecule has 0 spiro atoms. The number of amides is 2. The van der Waals surface area contributed by atoms with Gasteiger partial charge in [-0.15, -0.1) is 0 Å². The number of likely N-dealkylation sites (tertiary alicyclic amines) is 1. The summed E-state index contributed by atoms with van der Waals surface area (Å²) in [6.07, 6.45) is -0.0478. The van der Waals surface area contributed by atoms with Crippen LogP contribution in [0.5, 0.6) is 0 Å². The Hall–Kier alpha value is -1.80. The summed E-state index contributed by atoms with van der Waals surface area (Å²) >= 11 is 0. The molecule has 1 saturated heterocycles. The van der Waals surface area contributed by atoms with E-state index in [1.165, 1.54) is 23.1 Å². The van der Waals surface area contributed by atoms with Crippen LogP contribution >= 0.6 is 0 Å². The van der Waals surface area contributed by atoms with Gasteiger partial charge < -0.3 is 11.6 Å². The molecule has 3 rings (SSSR count). The monoisotopic (exact) mass is 512 g/mol. The van der Waals surface area contributed by atoms with Crippen molar-refractivity contribution in [3.63, 3.8) is 0 Å². The van der Waals surface area contributed by atoms with Gasteiger partial charge in [0.1, 0.15) is 0 Å². The molecule has 1 aromatic carbocycles. The number of carbonyl (C=O) groups is 1. The minimum absolute atomic E-state index is 0. The number of alkyl halides is 3. The van der Waals surface area contributed by atoms with E-state index in [1.807, 2.05) is 16.7 Å². The summed E-state index contributed by atoms with van der Waals surface area (Å²) in [6.45, 7) is 2.95. The van der Waals surface area contributed by atoms with Crippen LogP contribution in [0.1, 0.15) is 32.3 Å². The summed E-state index contributed by atoms with van der Waals surface area (Å²) in [6, 6.07) is 1.52. The van der Waals surface area contributed by atoms with E-state index in [1.54, 1.807) is 14.0 Å². The third kappa shape index (κ3) is 7.11. The first kappa shape index (κ1) is 28.4. The molecule has 1 aromatic heterocycles. The Morgan fingerprint density at radius 3 is 2.56 bits per heavy atom. The van der Waals surface area contributed by atoms with Gasteiger partial charge >= 0.3 is 52.0 Å². The minimum atomic E-state index is -4.60. The summed E-state index contributed by atoms with van der Waals surface area (Å²) in [4.78, 5) is 14.5. The first-order valence-corrected chi connectivity index (χ1v) is 11.8. The van der Waals surface area contributed by atoms with Crippen LogP contribution < -0.4 is 43.9 Å². The Morgan fingerprint density at radius 2 is 2.00 bits per heavy atom. The summed E-state index contributed by atoms with van der Waals surface area (Å²) in [7, 11) is -0.876. The van der Waals surface area contributed by atoms with Crippen molar-refractivity contribution in [2.75, 3.05) is 29.8 Å². The second-order valence-electron chi connectivity index (χ2n) is 8.06. The van der Waals surface area contributed by atoms with E-state index in [4.69, 9.17) is 0 Å². The van der Waals surface area contributed by atoms with Crippen LogP contribution in [0.15, 0.2) is 30.6 Å². The molecule has 2 amide bonds. The van der Waals surface area contributed by atoms with Crippen molar-refractivity contribution in [1.29, 1.82) is 0 Å². The van der Waals surface area contributed by atoms with E-state index < -0.39 is 34.0 Å². The van der Waals surface area contributed by atoms with Crippen molar-refractivity contribution in [3.8, 4) is 0 Å². The SMILES string of the molecule is CCc1cc(NC(=O)NS(=O)(=O)N(c2cnn(C)c2)C2CCCN(C)C2)cc(C(F)(F)F)c1.[H-].[Na+]. The maximum atomic E-state index is 13.2. The molecule has 1 atom stereocenters. The van der Waals surface area contributed by atoms with Crippen LogP contribution in [-0.2, 0) is 29.9 Å². The second-order valence-corrected chi connectivity index (χ2v) is 9.61. The van der Waals surface area contributed by atoms with Gasteiger partial charge in [0.2, 0.25) is 0 Å². The van der Waals surface area contributed by atoms with Crippen molar-refractivity contribution in [1.82, 2.24) is 19.4 Å². The normalized spacial score (nSPS) is 17.1. The molecule has 2 N–H and O–H groups in total. The fourth-order valence-electron chi connectivity index (χ4n) is 3.85. The predicted octanol–water partition coefficient (Wildman–Crippen LogP) is 0.0849. The Labute approximate surface area is 220 Å². The number of likely N-dealkylation sites (N-methyl/N-ethyl adjacent to an activating group) is 1. The number of aryl methyl sites for hydroxylation is 2. The van der Waals surface area contributed by atoms with E-state index in [9.17, 15) is 26.4 Å². The smallest absolute Gasteiger partial charge is 1.00 e. The van der Waals surface area contributed by atoms with Gasteiger partial charge in [0, 0.05) is 25.5 Å². The van der Waals surface area contributed by atoms with E-state index in [-0.39, 0.29) is 42.4 Å². The van der Waals surface area contributed by atoms with Crippen molar-refractivity contribution in [2.24, 2.45) is 7.05 Å². The van der Waals surface area contributed by atoms with E-state index in [0.717, 1.165) is 29.4 Å². The first-order chi connectivity index (χ1) is 15.4. The molecule has 9 nitrogen and oxygen atoms in total. The molecule has 0 bridgehead atoms. The molecule has 2 aromatic rings. The summed E-state index contributed by atoms with van der Waals surface area (Å²) in [5.41, 5.74) is -0.447. The molecule has 184 valence electrons. The van der Waals surface area contributed by atoms with Crippen molar-refractivity contribution >= 4 is 27.6 Å². The molecule has 0 saturated carbocycles. The van der Waals surface area contributed by atoms with Gasteiger partial charge in [-0.2, -0.15) is 26.7 Å². The number of piperidine rings is 1. The van der Waals surface area contributed by atoms with Crippen LogP contribution in [-0.4, -0.2) is 55.3 Å². The quantitative estimate of drug-likeness (QED) is 0.535. The van der Waals surface area contributed by atoms with E-state index in [2.05, 4.69) is 10.4 Å². The predicted molar refractivity (Wildman–Crippen MR) is 119 cm³/mol. The Balaban J connectivity index is 0.00000306. The molecule has 14 heteroatoms. The van der Waals surface area contributed by atoms with Crippen molar-refractivity contribution < 1.29 is 57.4 Å². The Kier molecular flexibility index (Phi) is 9.44. The summed E-state index contributed by atoms with van der Waals surface area (Å²) < 4.78 is 70.5. The van der Waals surface area contributed by atoms with Gasteiger partial charge in [-0.3, -0.25) is 4.68 Å². The van der Waals surface area contributed by atoms with Crippen LogP contribution in [0.2, 0.25) is 0 Å². The molecule has 0 radical (unpaired) electrons. The molecule has 1 fully saturated rings. The molecule has 34 heavy (non-hydrogen) atoms. The average molecular weight is 513 g/mol. The third-order valence-electron chi connectivity index (χ3n) is 5.34. The van der Waals surface area contributed by atoms with Gasteiger partial charge in [-0.05, 0) is 56.6 Å². The number of hydrogen-bond acceptors (Lipinski definition) is 5. The van der Waals surface area contributed by atoms with E-state index in [0.29, 0.717) is 24.9 Å². The maximum absolute atomic E-state index is 13.2. The molecular weight excluding hydrogens is 484 g/mol. The van der Waals surface area contributed by atoms with Crippen LogP contribution in [0.25, 0.3) is 0 Å². The fourth-order valence-corrected chi connectivity index (χ4v) is 5.17. The molecule has 2 heterocycles.